The van der Waals surface area contributed by atoms with Gasteiger partial charge in [0.1, 0.15) is 0 Å². The Bertz CT molecular complexity index is 349. The van der Waals surface area contributed by atoms with Crippen molar-refractivity contribution in [3.05, 3.63) is 24.1 Å². The summed E-state index contributed by atoms with van der Waals surface area (Å²) in [7, 11) is 0.976. The molecule has 0 aliphatic heterocycles. The van der Waals surface area contributed by atoms with Gasteiger partial charge in [-0.2, -0.15) is 0 Å². The smallest absolute Gasteiger partial charge is 0.191 e. The van der Waals surface area contributed by atoms with E-state index in [4.69, 9.17) is 4.43 Å². The highest BCUT2D eigenvalue weighted by Gasteiger charge is 2.36. The van der Waals surface area contributed by atoms with E-state index in [1.54, 1.807) is 21.6 Å². The quantitative estimate of drug-likeness (QED) is 0.216. The Morgan fingerprint density at radius 2 is 2.00 bits per heavy atom. The van der Waals surface area contributed by atoms with E-state index in [1.807, 2.05) is 17.6 Å². The minimum atomic E-state index is -1.65. The standard InChI is InChI=1S/C15H30O2S3Si/c1-7-11-18-19-12-9-14-20(16)13-8-10-17-21(5,6)15(2,3)4/h7,9,12H,1,8,10-11,13-14H2,2-6H3/b12-9-. The Morgan fingerprint density at radius 1 is 1.33 bits per heavy atom. The molecule has 1 unspecified atom stereocenters. The average Bonchev–Trinajstić information content (AvgIpc) is 2.37. The SMILES string of the molecule is C=CCSS/C=C\CS(=O)CCCO[Si](C)(C)C(C)(C)C. The molecule has 0 amide bonds. The summed E-state index contributed by atoms with van der Waals surface area (Å²) in [5.74, 6) is 2.30. The molecule has 0 saturated heterocycles. The molecular formula is C15H30O2S3Si. The van der Waals surface area contributed by atoms with Crippen molar-refractivity contribution in [2.75, 3.05) is 23.9 Å². The lowest BCUT2D eigenvalue weighted by molar-refractivity contribution is 0.289. The van der Waals surface area contributed by atoms with Crippen molar-refractivity contribution in [1.82, 2.24) is 0 Å². The van der Waals surface area contributed by atoms with Gasteiger partial charge in [0.15, 0.2) is 8.32 Å². The largest absolute Gasteiger partial charge is 0.417 e. The van der Waals surface area contributed by atoms with Gasteiger partial charge in [-0.15, -0.1) is 6.58 Å². The topological polar surface area (TPSA) is 26.3 Å². The van der Waals surface area contributed by atoms with Crippen molar-refractivity contribution in [1.29, 1.82) is 0 Å². The Kier molecular flexibility index (Phi) is 11.4. The zero-order valence-corrected chi connectivity index (χ0v) is 17.5. The van der Waals surface area contributed by atoms with Gasteiger partial charge in [0.25, 0.3) is 0 Å². The van der Waals surface area contributed by atoms with Crippen molar-refractivity contribution in [3.63, 3.8) is 0 Å². The molecule has 0 heterocycles. The molecule has 0 spiro atoms. The van der Waals surface area contributed by atoms with Crippen LogP contribution in [0.1, 0.15) is 27.2 Å². The normalized spacial score (nSPS) is 14.5. The van der Waals surface area contributed by atoms with Gasteiger partial charge in [0.05, 0.1) is 0 Å². The highest BCUT2D eigenvalue weighted by atomic mass is 33.1. The van der Waals surface area contributed by atoms with Gasteiger partial charge in [0, 0.05) is 34.7 Å². The second-order valence-electron chi connectivity index (χ2n) is 6.31. The fraction of sp³-hybridized carbons (Fsp3) is 0.733. The van der Waals surface area contributed by atoms with Crippen LogP contribution in [-0.4, -0.2) is 36.4 Å². The van der Waals surface area contributed by atoms with Gasteiger partial charge in [0.2, 0.25) is 0 Å². The molecule has 124 valence electrons. The first kappa shape index (κ1) is 21.5. The molecule has 1 atom stereocenters. The number of rotatable bonds is 11. The Morgan fingerprint density at radius 3 is 2.57 bits per heavy atom. The molecule has 21 heavy (non-hydrogen) atoms. The molecule has 2 nitrogen and oxygen atoms in total. The fourth-order valence-corrected chi connectivity index (χ4v) is 4.71. The highest BCUT2D eigenvalue weighted by molar-refractivity contribution is 8.77. The van der Waals surface area contributed by atoms with E-state index in [1.165, 1.54) is 0 Å². The second kappa shape index (κ2) is 11.1. The van der Waals surface area contributed by atoms with E-state index in [0.29, 0.717) is 5.75 Å². The lowest BCUT2D eigenvalue weighted by Gasteiger charge is -2.36. The lowest BCUT2D eigenvalue weighted by Crippen LogP contribution is -2.41. The molecule has 6 heteroatoms. The highest BCUT2D eigenvalue weighted by Crippen LogP contribution is 2.36. The summed E-state index contributed by atoms with van der Waals surface area (Å²) < 4.78 is 17.9. The van der Waals surface area contributed by atoms with Crippen LogP contribution in [0.3, 0.4) is 0 Å². The van der Waals surface area contributed by atoms with E-state index < -0.39 is 19.1 Å². The van der Waals surface area contributed by atoms with Crippen LogP contribution in [0.2, 0.25) is 18.1 Å². The maximum atomic E-state index is 11.8. The van der Waals surface area contributed by atoms with Crippen molar-refractivity contribution in [2.45, 2.75) is 45.3 Å². The van der Waals surface area contributed by atoms with Crippen molar-refractivity contribution in [2.24, 2.45) is 0 Å². The first-order valence-corrected chi connectivity index (χ1v) is 14.0. The summed E-state index contributed by atoms with van der Waals surface area (Å²) >= 11 is 0. The lowest BCUT2D eigenvalue weighted by atomic mass is 10.2. The maximum absolute atomic E-state index is 11.8. The molecule has 0 rings (SSSR count). The molecule has 0 aliphatic rings. The maximum Gasteiger partial charge on any atom is 0.191 e. The van der Waals surface area contributed by atoms with Crippen LogP contribution >= 0.6 is 21.6 Å². The van der Waals surface area contributed by atoms with Gasteiger partial charge in [-0.1, -0.05) is 54.5 Å². The molecule has 0 N–H and O–H groups in total. The summed E-state index contributed by atoms with van der Waals surface area (Å²) in [6, 6.07) is 0. The molecule has 0 aliphatic carbocycles. The predicted octanol–water partition coefficient (Wildman–Crippen LogP) is 5.23. The first-order valence-electron chi connectivity index (χ1n) is 7.24. The Labute approximate surface area is 142 Å². The van der Waals surface area contributed by atoms with Crippen LogP contribution in [-0.2, 0) is 15.2 Å². The number of hydrogen-bond donors (Lipinski definition) is 0. The Balaban J connectivity index is 3.74. The molecule has 0 fully saturated rings. The van der Waals surface area contributed by atoms with Gasteiger partial charge in [-0.25, -0.2) is 0 Å². The predicted molar refractivity (Wildman–Crippen MR) is 105 cm³/mol. The van der Waals surface area contributed by atoms with Crippen LogP contribution in [0, 0.1) is 0 Å². The van der Waals surface area contributed by atoms with Gasteiger partial charge in [-0.3, -0.25) is 4.21 Å². The number of hydrogen-bond acceptors (Lipinski definition) is 4. The van der Waals surface area contributed by atoms with Gasteiger partial charge in [-0.05, 0) is 30.0 Å². The Hall–Kier alpha value is 0.507. The van der Waals surface area contributed by atoms with E-state index in [2.05, 4.69) is 40.4 Å². The van der Waals surface area contributed by atoms with E-state index >= 15 is 0 Å². The van der Waals surface area contributed by atoms with E-state index in [9.17, 15) is 4.21 Å². The van der Waals surface area contributed by atoms with Crippen molar-refractivity contribution >= 4 is 40.7 Å². The van der Waals surface area contributed by atoms with Crippen LogP contribution in [0.4, 0.5) is 0 Å². The van der Waals surface area contributed by atoms with Crippen LogP contribution in [0.25, 0.3) is 0 Å². The third-order valence-corrected chi connectivity index (χ3v) is 11.3. The summed E-state index contributed by atoms with van der Waals surface area (Å²) in [5.41, 5.74) is 0. The third-order valence-electron chi connectivity index (χ3n) is 3.47. The monoisotopic (exact) mass is 366 g/mol. The minimum Gasteiger partial charge on any atom is -0.417 e. The molecule has 0 aromatic carbocycles. The molecule has 0 aromatic heterocycles. The summed E-state index contributed by atoms with van der Waals surface area (Å²) in [5, 5.41) is 2.26. The first-order chi connectivity index (χ1) is 9.70. The van der Waals surface area contributed by atoms with Crippen LogP contribution < -0.4 is 0 Å². The van der Waals surface area contributed by atoms with Gasteiger partial charge < -0.3 is 4.43 Å². The summed E-state index contributed by atoms with van der Waals surface area (Å²) in [4.78, 5) is 0. The third kappa shape index (κ3) is 10.8. The average molecular weight is 367 g/mol. The molecule has 0 aromatic rings. The molecular weight excluding hydrogens is 336 g/mol. The fourth-order valence-electron chi connectivity index (χ4n) is 1.16. The molecule has 0 saturated carbocycles. The van der Waals surface area contributed by atoms with Gasteiger partial charge >= 0.3 is 0 Å². The second-order valence-corrected chi connectivity index (χ2v) is 15.1. The van der Waals surface area contributed by atoms with E-state index in [-0.39, 0.29) is 5.04 Å². The minimum absolute atomic E-state index is 0.245. The molecule has 0 bridgehead atoms. The van der Waals surface area contributed by atoms with Crippen LogP contribution in [0.15, 0.2) is 24.1 Å². The molecule has 0 radical (unpaired) electrons. The van der Waals surface area contributed by atoms with Crippen molar-refractivity contribution < 1.29 is 8.63 Å². The van der Waals surface area contributed by atoms with Crippen molar-refractivity contribution in [3.8, 4) is 0 Å². The zero-order valence-electron chi connectivity index (χ0n) is 14.0. The van der Waals surface area contributed by atoms with E-state index in [0.717, 1.165) is 24.5 Å². The summed E-state index contributed by atoms with van der Waals surface area (Å²) in [6.07, 6.45) is 4.75. The van der Waals surface area contributed by atoms with Crippen LogP contribution in [0.5, 0.6) is 0 Å². The summed E-state index contributed by atoms with van der Waals surface area (Å²) in [6.45, 7) is 15.6. The zero-order chi connectivity index (χ0) is 16.4.